The van der Waals surface area contributed by atoms with E-state index in [1.165, 1.54) is 18.1 Å². The van der Waals surface area contributed by atoms with Crippen molar-refractivity contribution < 1.29 is 14.3 Å². The van der Waals surface area contributed by atoms with Crippen LogP contribution in [0.15, 0.2) is 35.1 Å². The highest BCUT2D eigenvalue weighted by Crippen LogP contribution is 2.17. The number of hydrogen-bond acceptors (Lipinski definition) is 5. The van der Waals surface area contributed by atoms with E-state index < -0.39 is 5.97 Å². The Bertz CT molecular complexity index is 571. The van der Waals surface area contributed by atoms with Gasteiger partial charge in [0, 0.05) is 4.47 Å². The van der Waals surface area contributed by atoms with Gasteiger partial charge in [0.1, 0.15) is 18.7 Å². The quantitative estimate of drug-likeness (QED) is 0.785. The Kier molecular flexibility index (Phi) is 4.51. The lowest BCUT2D eigenvalue weighted by Gasteiger charge is -2.05. The average Bonchev–Trinajstić information content (AvgIpc) is 2.87. The molecule has 0 N–H and O–H groups in total. The van der Waals surface area contributed by atoms with Crippen molar-refractivity contribution in [3.8, 4) is 5.75 Å². The third-order valence-electron chi connectivity index (χ3n) is 2.29. The molecule has 2 aromatic rings. The molecule has 0 saturated carbocycles. The van der Waals surface area contributed by atoms with Gasteiger partial charge in [-0.25, -0.2) is 14.5 Å². The molecular weight excluding hydrogens is 314 g/mol. The molecule has 100 valence electrons. The molecule has 1 heterocycles. The minimum Gasteiger partial charge on any atom is -0.492 e. The van der Waals surface area contributed by atoms with Gasteiger partial charge in [-0.05, 0) is 18.2 Å². The van der Waals surface area contributed by atoms with Crippen molar-refractivity contribution in [1.82, 2.24) is 14.8 Å². The summed E-state index contributed by atoms with van der Waals surface area (Å²) in [6.07, 6.45) is 1.47. The Morgan fingerprint density at radius 1 is 1.47 bits per heavy atom. The lowest BCUT2D eigenvalue weighted by atomic mass is 10.3. The van der Waals surface area contributed by atoms with Crippen LogP contribution in [0, 0.1) is 0 Å². The van der Waals surface area contributed by atoms with Crippen molar-refractivity contribution in [3.63, 3.8) is 0 Å². The first-order valence-electron chi connectivity index (χ1n) is 5.55. The van der Waals surface area contributed by atoms with E-state index >= 15 is 0 Å². The summed E-state index contributed by atoms with van der Waals surface area (Å²) >= 11 is 3.37. The molecule has 0 spiro atoms. The molecular formula is C12H12BrN3O3. The number of nitrogens with zero attached hydrogens (tertiary/aromatic N) is 3. The van der Waals surface area contributed by atoms with Gasteiger partial charge in [0.15, 0.2) is 0 Å². The van der Waals surface area contributed by atoms with Gasteiger partial charge in [-0.2, -0.15) is 0 Å². The lowest BCUT2D eigenvalue weighted by Crippen LogP contribution is -2.10. The summed E-state index contributed by atoms with van der Waals surface area (Å²) < 4.78 is 12.6. The number of carbonyl (C=O) groups excluding carboxylic acids is 1. The van der Waals surface area contributed by atoms with E-state index in [-0.39, 0.29) is 5.82 Å². The molecule has 0 fully saturated rings. The van der Waals surface area contributed by atoms with Crippen LogP contribution in [0.3, 0.4) is 0 Å². The zero-order valence-electron chi connectivity index (χ0n) is 10.2. The molecule has 0 amide bonds. The van der Waals surface area contributed by atoms with Crippen molar-refractivity contribution in [1.29, 1.82) is 0 Å². The predicted molar refractivity (Wildman–Crippen MR) is 71.0 cm³/mol. The fourth-order valence-electron chi connectivity index (χ4n) is 1.40. The molecule has 2 rings (SSSR count). The fourth-order valence-corrected chi connectivity index (χ4v) is 1.78. The average molecular weight is 326 g/mol. The number of methoxy groups -OCH3 is 1. The Labute approximate surface area is 118 Å². The second kappa shape index (κ2) is 6.33. The standard InChI is InChI=1S/C12H12BrN3O3/c1-18-12(17)11-14-8-16(15-11)5-6-19-10-4-2-3-9(13)7-10/h2-4,7-8H,5-6H2,1H3. The van der Waals surface area contributed by atoms with Crippen LogP contribution in [-0.2, 0) is 11.3 Å². The summed E-state index contributed by atoms with van der Waals surface area (Å²) in [4.78, 5) is 15.0. The third-order valence-corrected chi connectivity index (χ3v) is 2.78. The topological polar surface area (TPSA) is 66.2 Å². The summed E-state index contributed by atoms with van der Waals surface area (Å²) in [7, 11) is 1.29. The highest BCUT2D eigenvalue weighted by molar-refractivity contribution is 9.10. The normalized spacial score (nSPS) is 10.2. The number of aromatic nitrogens is 3. The molecule has 0 atom stereocenters. The van der Waals surface area contributed by atoms with Gasteiger partial charge in [-0.1, -0.05) is 22.0 Å². The Hall–Kier alpha value is -1.89. The second-order valence-electron chi connectivity index (χ2n) is 3.63. The van der Waals surface area contributed by atoms with E-state index in [1.807, 2.05) is 24.3 Å². The van der Waals surface area contributed by atoms with Crippen LogP contribution in [0.25, 0.3) is 0 Å². The Morgan fingerprint density at radius 2 is 2.32 bits per heavy atom. The van der Waals surface area contributed by atoms with Crippen LogP contribution >= 0.6 is 15.9 Å². The van der Waals surface area contributed by atoms with Gasteiger partial charge in [-0.3, -0.25) is 0 Å². The zero-order chi connectivity index (χ0) is 13.7. The number of carbonyl (C=O) groups is 1. The van der Waals surface area contributed by atoms with Crippen molar-refractivity contribution in [3.05, 3.63) is 40.9 Å². The van der Waals surface area contributed by atoms with Crippen LogP contribution in [-0.4, -0.2) is 34.5 Å². The van der Waals surface area contributed by atoms with E-state index in [2.05, 4.69) is 30.7 Å². The van der Waals surface area contributed by atoms with E-state index in [0.717, 1.165) is 10.2 Å². The number of benzene rings is 1. The molecule has 19 heavy (non-hydrogen) atoms. The first kappa shape index (κ1) is 13.5. The molecule has 6 nitrogen and oxygen atoms in total. The summed E-state index contributed by atoms with van der Waals surface area (Å²) in [6, 6.07) is 7.56. The maximum atomic E-state index is 11.2. The molecule has 0 unspecified atom stereocenters. The van der Waals surface area contributed by atoms with Gasteiger partial charge >= 0.3 is 5.97 Å². The summed E-state index contributed by atoms with van der Waals surface area (Å²) in [5, 5.41) is 3.97. The van der Waals surface area contributed by atoms with E-state index in [1.54, 1.807) is 0 Å². The largest absolute Gasteiger partial charge is 0.492 e. The van der Waals surface area contributed by atoms with Gasteiger partial charge in [0.25, 0.3) is 5.82 Å². The molecule has 0 aliphatic heterocycles. The highest BCUT2D eigenvalue weighted by atomic mass is 79.9. The summed E-state index contributed by atoms with van der Waals surface area (Å²) in [5.74, 6) is 0.263. The van der Waals surface area contributed by atoms with E-state index in [9.17, 15) is 4.79 Å². The van der Waals surface area contributed by atoms with Crippen molar-refractivity contribution in [2.75, 3.05) is 13.7 Å². The number of rotatable bonds is 5. The molecule has 1 aromatic heterocycles. The highest BCUT2D eigenvalue weighted by Gasteiger charge is 2.10. The minimum absolute atomic E-state index is 0.0463. The maximum Gasteiger partial charge on any atom is 0.377 e. The molecule has 7 heteroatoms. The van der Waals surface area contributed by atoms with Crippen molar-refractivity contribution >= 4 is 21.9 Å². The van der Waals surface area contributed by atoms with E-state index in [4.69, 9.17) is 4.74 Å². The van der Waals surface area contributed by atoms with Crippen LogP contribution < -0.4 is 4.74 Å². The first-order valence-corrected chi connectivity index (χ1v) is 6.34. The maximum absolute atomic E-state index is 11.2. The molecule has 0 bridgehead atoms. The molecule has 0 aliphatic rings. The predicted octanol–water partition coefficient (Wildman–Crippen LogP) is 1.91. The lowest BCUT2D eigenvalue weighted by molar-refractivity contribution is 0.0586. The smallest absolute Gasteiger partial charge is 0.377 e. The number of halogens is 1. The number of ether oxygens (including phenoxy) is 2. The Balaban J connectivity index is 1.86. The minimum atomic E-state index is -0.549. The van der Waals surface area contributed by atoms with Gasteiger partial charge < -0.3 is 9.47 Å². The summed E-state index contributed by atoms with van der Waals surface area (Å²) in [5.41, 5.74) is 0. The van der Waals surface area contributed by atoms with Gasteiger partial charge in [-0.15, -0.1) is 5.10 Å². The number of esters is 1. The monoisotopic (exact) mass is 325 g/mol. The zero-order valence-corrected chi connectivity index (χ0v) is 11.8. The molecule has 0 aliphatic carbocycles. The third kappa shape index (κ3) is 3.78. The molecule has 0 saturated heterocycles. The van der Waals surface area contributed by atoms with Crippen molar-refractivity contribution in [2.24, 2.45) is 0 Å². The van der Waals surface area contributed by atoms with Crippen molar-refractivity contribution in [2.45, 2.75) is 6.54 Å². The van der Waals surface area contributed by atoms with E-state index in [0.29, 0.717) is 13.2 Å². The van der Waals surface area contributed by atoms with Crippen LogP contribution in [0.4, 0.5) is 0 Å². The van der Waals surface area contributed by atoms with Gasteiger partial charge in [0.2, 0.25) is 0 Å². The second-order valence-corrected chi connectivity index (χ2v) is 4.54. The molecule has 1 aromatic carbocycles. The van der Waals surface area contributed by atoms with Gasteiger partial charge in [0.05, 0.1) is 13.7 Å². The Morgan fingerprint density at radius 3 is 3.05 bits per heavy atom. The molecule has 0 radical (unpaired) electrons. The van der Waals surface area contributed by atoms with Crippen LogP contribution in [0.2, 0.25) is 0 Å². The fraction of sp³-hybridized carbons (Fsp3) is 0.250. The van der Waals surface area contributed by atoms with Crippen LogP contribution in [0.1, 0.15) is 10.6 Å². The summed E-state index contributed by atoms with van der Waals surface area (Å²) in [6.45, 7) is 0.928. The first-order chi connectivity index (χ1) is 9.19. The van der Waals surface area contributed by atoms with Crippen LogP contribution in [0.5, 0.6) is 5.75 Å². The SMILES string of the molecule is COC(=O)c1ncn(CCOc2cccc(Br)c2)n1. The number of hydrogen-bond donors (Lipinski definition) is 0.